The Bertz CT molecular complexity index is 796. The Morgan fingerprint density at radius 2 is 1.96 bits per heavy atom. The molecule has 6 nitrogen and oxygen atoms in total. The average Bonchev–Trinajstić information content (AvgIpc) is 3.12. The molecule has 0 fully saturated rings. The number of rotatable bonds is 7. The van der Waals surface area contributed by atoms with Crippen molar-refractivity contribution in [2.24, 2.45) is 0 Å². The van der Waals surface area contributed by atoms with Crippen LogP contribution in [0.25, 0.3) is 6.08 Å². The van der Waals surface area contributed by atoms with Gasteiger partial charge in [-0.05, 0) is 35.9 Å². The molecule has 0 radical (unpaired) electrons. The zero-order chi connectivity index (χ0) is 17.6. The van der Waals surface area contributed by atoms with E-state index in [4.69, 9.17) is 23.7 Å². The minimum absolute atomic E-state index is 0.0410. The average molecular weight is 342 g/mol. The third kappa shape index (κ3) is 3.92. The molecule has 130 valence electrons. The Morgan fingerprint density at radius 3 is 2.76 bits per heavy atom. The summed E-state index contributed by atoms with van der Waals surface area (Å²) < 4.78 is 26.1. The highest BCUT2D eigenvalue weighted by Crippen LogP contribution is 2.33. The van der Waals surface area contributed by atoms with Gasteiger partial charge in [0.05, 0.1) is 12.7 Å². The van der Waals surface area contributed by atoms with Gasteiger partial charge in [0.2, 0.25) is 6.79 Å². The zero-order valence-electron chi connectivity index (χ0n) is 14.0. The summed E-state index contributed by atoms with van der Waals surface area (Å²) in [6.07, 6.45) is 3.20. The first-order chi connectivity index (χ1) is 12.2. The number of ketones is 1. The molecule has 0 atom stereocenters. The first-order valence-corrected chi connectivity index (χ1v) is 7.63. The second kappa shape index (κ2) is 7.72. The molecule has 1 aliphatic rings. The van der Waals surface area contributed by atoms with Crippen molar-refractivity contribution in [3.8, 4) is 23.0 Å². The summed E-state index contributed by atoms with van der Waals surface area (Å²) in [5, 5.41) is 0. The predicted octanol–water partition coefficient (Wildman–Crippen LogP) is 3.30. The number of carbonyl (C=O) groups excluding carboxylic acids is 1. The Kier molecular flexibility index (Phi) is 5.20. The number of hydrogen-bond donors (Lipinski definition) is 0. The fraction of sp³-hybridized carbons (Fsp3) is 0.211. The van der Waals surface area contributed by atoms with E-state index in [1.807, 2.05) is 18.2 Å². The van der Waals surface area contributed by atoms with Crippen molar-refractivity contribution in [1.29, 1.82) is 0 Å². The van der Waals surface area contributed by atoms with Crippen LogP contribution in [0.2, 0.25) is 0 Å². The Hall–Kier alpha value is -2.99. The van der Waals surface area contributed by atoms with E-state index in [-0.39, 0.29) is 19.4 Å². The summed E-state index contributed by atoms with van der Waals surface area (Å²) in [6, 6.07) is 10.5. The molecule has 0 saturated heterocycles. The van der Waals surface area contributed by atoms with E-state index < -0.39 is 0 Å². The number of hydrogen-bond acceptors (Lipinski definition) is 6. The minimum Gasteiger partial charge on any atom is -0.497 e. The third-order valence-corrected chi connectivity index (χ3v) is 3.61. The summed E-state index contributed by atoms with van der Waals surface area (Å²) in [5.74, 6) is 2.19. The standard InChI is InChI=1S/C19H18O6/c1-21-11-23-18-10-14(22-2)5-6-15(18)16(20)7-3-13-4-8-17-19(9-13)25-12-24-17/h3-10H,11-12H2,1-2H3. The van der Waals surface area contributed by atoms with Gasteiger partial charge in [-0.3, -0.25) is 4.79 Å². The number of carbonyl (C=O) groups is 1. The van der Waals surface area contributed by atoms with Crippen LogP contribution in [0.15, 0.2) is 42.5 Å². The molecule has 0 N–H and O–H groups in total. The molecule has 0 unspecified atom stereocenters. The van der Waals surface area contributed by atoms with Gasteiger partial charge in [-0.25, -0.2) is 0 Å². The molecule has 2 aromatic rings. The molecular weight excluding hydrogens is 324 g/mol. The van der Waals surface area contributed by atoms with Gasteiger partial charge < -0.3 is 23.7 Å². The van der Waals surface area contributed by atoms with Gasteiger partial charge in [-0.15, -0.1) is 0 Å². The molecule has 6 heteroatoms. The predicted molar refractivity (Wildman–Crippen MR) is 91.4 cm³/mol. The van der Waals surface area contributed by atoms with Crippen molar-refractivity contribution in [3.05, 3.63) is 53.6 Å². The number of benzene rings is 2. The van der Waals surface area contributed by atoms with Crippen LogP contribution in [0.4, 0.5) is 0 Å². The van der Waals surface area contributed by atoms with Crippen molar-refractivity contribution in [3.63, 3.8) is 0 Å². The summed E-state index contributed by atoms with van der Waals surface area (Å²) >= 11 is 0. The second-order valence-corrected chi connectivity index (χ2v) is 5.22. The normalized spacial score (nSPS) is 12.4. The smallest absolute Gasteiger partial charge is 0.231 e. The summed E-state index contributed by atoms with van der Waals surface area (Å²) in [6.45, 7) is 0.257. The van der Waals surface area contributed by atoms with E-state index in [2.05, 4.69) is 0 Å². The van der Waals surface area contributed by atoms with Gasteiger partial charge in [0.1, 0.15) is 11.5 Å². The van der Waals surface area contributed by atoms with Gasteiger partial charge in [0.25, 0.3) is 0 Å². The molecule has 0 aromatic heterocycles. The quantitative estimate of drug-likeness (QED) is 0.437. The van der Waals surface area contributed by atoms with Crippen LogP contribution in [0.1, 0.15) is 15.9 Å². The summed E-state index contributed by atoms with van der Waals surface area (Å²) in [7, 11) is 3.07. The van der Waals surface area contributed by atoms with Gasteiger partial charge in [-0.1, -0.05) is 12.1 Å². The van der Waals surface area contributed by atoms with E-state index >= 15 is 0 Å². The first-order valence-electron chi connectivity index (χ1n) is 7.63. The van der Waals surface area contributed by atoms with Crippen molar-refractivity contribution in [2.75, 3.05) is 27.8 Å². The molecule has 0 saturated carbocycles. The summed E-state index contributed by atoms with van der Waals surface area (Å²) in [4.78, 5) is 12.5. The number of methoxy groups -OCH3 is 2. The molecule has 3 rings (SSSR count). The number of ether oxygens (including phenoxy) is 5. The van der Waals surface area contributed by atoms with Crippen LogP contribution in [-0.4, -0.2) is 33.6 Å². The van der Waals surface area contributed by atoms with Crippen molar-refractivity contribution in [1.82, 2.24) is 0 Å². The van der Waals surface area contributed by atoms with Gasteiger partial charge in [0, 0.05) is 13.2 Å². The highest BCUT2D eigenvalue weighted by Gasteiger charge is 2.14. The molecule has 0 bridgehead atoms. The molecule has 0 amide bonds. The van der Waals surface area contributed by atoms with Gasteiger partial charge >= 0.3 is 0 Å². The lowest BCUT2D eigenvalue weighted by Gasteiger charge is -2.10. The minimum atomic E-state index is -0.188. The monoisotopic (exact) mass is 342 g/mol. The second-order valence-electron chi connectivity index (χ2n) is 5.22. The molecule has 1 aliphatic heterocycles. The van der Waals surface area contributed by atoms with E-state index in [1.54, 1.807) is 31.4 Å². The number of fused-ring (bicyclic) bond motifs is 1. The van der Waals surface area contributed by atoms with E-state index in [0.717, 1.165) is 5.56 Å². The summed E-state index contributed by atoms with van der Waals surface area (Å²) in [5.41, 5.74) is 1.26. The lowest BCUT2D eigenvalue weighted by molar-refractivity contribution is 0.0502. The Labute approximate surface area is 145 Å². The molecule has 2 aromatic carbocycles. The van der Waals surface area contributed by atoms with Crippen molar-refractivity contribution < 1.29 is 28.5 Å². The van der Waals surface area contributed by atoms with Crippen LogP contribution in [0.5, 0.6) is 23.0 Å². The molecule has 25 heavy (non-hydrogen) atoms. The maximum Gasteiger partial charge on any atom is 0.231 e. The van der Waals surface area contributed by atoms with Crippen LogP contribution in [-0.2, 0) is 4.74 Å². The molecule has 0 aliphatic carbocycles. The fourth-order valence-corrected chi connectivity index (χ4v) is 2.35. The third-order valence-electron chi connectivity index (χ3n) is 3.61. The maximum absolute atomic E-state index is 12.5. The Balaban J connectivity index is 1.80. The van der Waals surface area contributed by atoms with Gasteiger partial charge in [-0.2, -0.15) is 0 Å². The highest BCUT2D eigenvalue weighted by molar-refractivity contribution is 6.08. The first kappa shape index (κ1) is 16.9. The van der Waals surface area contributed by atoms with Crippen LogP contribution in [0.3, 0.4) is 0 Å². The molecule has 1 heterocycles. The fourth-order valence-electron chi connectivity index (χ4n) is 2.35. The van der Waals surface area contributed by atoms with Crippen molar-refractivity contribution in [2.45, 2.75) is 0 Å². The van der Waals surface area contributed by atoms with Crippen LogP contribution >= 0.6 is 0 Å². The topological polar surface area (TPSA) is 63.2 Å². The largest absolute Gasteiger partial charge is 0.497 e. The van der Waals surface area contributed by atoms with E-state index in [1.165, 1.54) is 13.2 Å². The van der Waals surface area contributed by atoms with Crippen LogP contribution < -0.4 is 18.9 Å². The lowest BCUT2D eigenvalue weighted by Crippen LogP contribution is -2.05. The van der Waals surface area contributed by atoms with E-state index in [0.29, 0.717) is 28.6 Å². The molecule has 0 spiro atoms. The van der Waals surface area contributed by atoms with Gasteiger partial charge in [0.15, 0.2) is 24.1 Å². The highest BCUT2D eigenvalue weighted by atomic mass is 16.7. The molecular formula is C19H18O6. The Morgan fingerprint density at radius 1 is 1.12 bits per heavy atom. The SMILES string of the molecule is COCOc1cc(OC)ccc1C(=O)C=Cc1ccc2c(c1)OCO2. The maximum atomic E-state index is 12.5. The van der Waals surface area contributed by atoms with Crippen molar-refractivity contribution >= 4 is 11.9 Å². The lowest BCUT2D eigenvalue weighted by atomic mass is 10.1. The number of allylic oxidation sites excluding steroid dienone is 1. The zero-order valence-corrected chi connectivity index (χ0v) is 14.0. The van der Waals surface area contributed by atoms with E-state index in [9.17, 15) is 4.79 Å². The van der Waals surface area contributed by atoms with Crippen LogP contribution in [0, 0.1) is 0 Å².